The molecule has 76 valence electrons. The predicted octanol–water partition coefficient (Wildman–Crippen LogP) is 3.68. The van der Waals surface area contributed by atoms with Crippen molar-refractivity contribution in [1.29, 1.82) is 0 Å². The van der Waals surface area contributed by atoms with Crippen LogP contribution in [0.3, 0.4) is 0 Å². The average molecular weight is 189 g/mol. The molecule has 1 nitrogen and oxygen atoms in total. The molecule has 14 heavy (non-hydrogen) atoms. The molecule has 2 rings (SSSR count). The van der Waals surface area contributed by atoms with E-state index in [-0.39, 0.29) is 0 Å². The molecule has 1 aliphatic rings. The second-order valence-electron chi connectivity index (χ2n) is 4.44. The molecule has 1 aromatic carbocycles. The van der Waals surface area contributed by atoms with Gasteiger partial charge in [-0.05, 0) is 31.4 Å². The van der Waals surface area contributed by atoms with Crippen LogP contribution in [0.1, 0.15) is 32.6 Å². The van der Waals surface area contributed by atoms with Crippen LogP contribution in [0.25, 0.3) is 0 Å². The molecule has 0 radical (unpaired) electrons. The lowest BCUT2D eigenvalue weighted by atomic mass is 9.81. The van der Waals surface area contributed by atoms with Gasteiger partial charge in [0.15, 0.2) is 0 Å². The van der Waals surface area contributed by atoms with Gasteiger partial charge in [-0.2, -0.15) is 0 Å². The summed E-state index contributed by atoms with van der Waals surface area (Å²) in [6, 6.07) is 11.1. The van der Waals surface area contributed by atoms with E-state index in [1.165, 1.54) is 31.4 Å². The van der Waals surface area contributed by atoms with E-state index in [4.69, 9.17) is 0 Å². The molecular weight excluding hydrogens is 170 g/mol. The number of para-hydroxylation sites is 1. The number of nitrogens with one attached hydrogen (secondary N) is 1. The summed E-state index contributed by atoms with van der Waals surface area (Å²) in [5, 5.41) is 3.54. The maximum absolute atomic E-state index is 3.54. The Hall–Kier alpha value is -0.980. The highest BCUT2D eigenvalue weighted by Gasteiger charge is 2.19. The first kappa shape index (κ1) is 9.57. The molecule has 0 aromatic heterocycles. The Morgan fingerprint density at radius 2 is 2.00 bits per heavy atom. The van der Waals surface area contributed by atoms with E-state index in [1.54, 1.807) is 0 Å². The van der Waals surface area contributed by atoms with Gasteiger partial charge in [-0.15, -0.1) is 0 Å². The first-order valence-electron chi connectivity index (χ1n) is 5.66. The fraction of sp³-hybridized carbons (Fsp3) is 0.538. The summed E-state index contributed by atoms with van der Waals surface area (Å²) < 4.78 is 0. The van der Waals surface area contributed by atoms with Crippen molar-refractivity contribution in [2.45, 2.75) is 38.6 Å². The van der Waals surface area contributed by atoms with E-state index in [2.05, 4.69) is 42.6 Å². The Balaban J connectivity index is 1.79. The third-order valence-electron chi connectivity index (χ3n) is 3.10. The Morgan fingerprint density at radius 3 is 2.57 bits per heavy atom. The fourth-order valence-electron chi connectivity index (χ4n) is 2.11. The van der Waals surface area contributed by atoms with Crippen molar-refractivity contribution in [2.75, 3.05) is 5.32 Å². The summed E-state index contributed by atoms with van der Waals surface area (Å²) >= 11 is 0. The summed E-state index contributed by atoms with van der Waals surface area (Å²) in [5.41, 5.74) is 1.25. The van der Waals surface area contributed by atoms with Crippen molar-refractivity contribution in [1.82, 2.24) is 0 Å². The van der Waals surface area contributed by atoms with Gasteiger partial charge in [0, 0.05) is 11.7 Å². The molecule has 0 heterocycles. The maximum Gasteiger partial charge on any atom is 0.0342 e. The summed E-state index contributed by atoms with van der Waals surface area (Å²) in [6.45, 7) is 2.28. The van der Waals surface area contributed by atoms with Gasteiger partial charge in [0.05, 0.1) is 0 Å². The van der Waals surface area contributed by atoms with Gasteiger partial charge in [-0.25, -0.2) is 0 Å². The molecule has 0 amide bonds. The second-order valence-corrected chi connectivity index (χ2v) is 4.44. The van der Waals surface area contributed by atoms with Crippen molar-refractivity contribution in [3.63, 3.8) is 0 Å². The van der Waals surface area contributed by atoms with E-state index in [1.807, 2.05) is 0 Å². The summed E-state index contributed by atoms with van der Waals surface area (Å²) in [6.07, 6.45) is 5.67. The molecule has 0 saturated heterocycles. The molecule has 0 bridgehead atoms. The minimum absolute atomic E-state index is 0.614. The van der Waals surface area contributed by atoms with Crippen LogP contribution < -0.4 is 5.32 Å². The van der Waals surface area contributed by atoms with Crippen LogP contribution in [0.5, 0.6) is 0 Å². The quantitative estimate of drug-likeness (QED) is 0.762. The van der Waals surface area contributed by atoms with Crippen LogP contribution in [0.15, 0.2) is 30.3 Å². The lowest BCUT2D eigenvalue weighted by molar-refractivity contribution is 0.286. The Bertz CT molecular complexity index is 264. The number of hydrogen-bond acceptors (Lipinski definition) is 1. The third kappa shape index (κ3) is 2.50. The van der Waals surface area contributed by atoms with E-state index < -0.39 is 0 Å². The molecule has 1 heteroatoms. The standard InChI is InChI=1S/C13H19N/c1-11(10-12-6-5-7-12)14-13-8-3-2-4-9-13/h2-4,8-9,11-12,14H,5-7,10H2,1H3. The minimum atomic E-state index is 0.614. The van der Waals surface area contributed by atoms with Crippen LogP contribution in [-0.4, -0.2) is 6.04 Å². The zero-order chi connectivity index (χ0) is 9.80. The summed E-state index contributed by atoms with van der Waals surface area (Å²) in [7, 11) is 0. The smallest absolute Gasteiger partial charge is 0.0342 e. The Labute approximate surface area is 86.5 Å². The highest BCUT2D eigenvalue weighted by atomic mass is 14.9. The largest absolute Gasteiger partial charge is 0.383 e. The fourth-order valence-corrected chi connectivity index (χ4v) is 2.11. The first-order valence-corrected chi connectivity index (χ1v) is 5.66. The van der Waals surface area contributed by atoms with Gasteiger partial charge in [0.25, 0.3) is 0 Å². The van der Waals surface area contributed by atoms with E-state index in [0.717, 1.165) is 5.92 Å². The van der Waals surface area contributed by atoms with Gasteiger partial charge >= 0.3 is 0 Å². The monoisotopic (exact) mass is 189 g/mol. The highest BCUT2D eigenvalue weighted by Crippen LogP contribution is 2.30. The molecule has 1 unspecified atom stereocenters. The normalized spacial score (nSPS) is 18.6. The van der Waals surface area contributed by atoms with Crippen LogP contribution in [0.2, 0.25) is 0 Å². The number of hydrogen-bond donors (Lipinski definition) is 1. The second kappa shape index (κ2) is 4.50. The predicted molar refractivity (Wildman–Crippen MR) is 61.5 cm³/mol. The number of rotatable bonds is 4. The van der Waals surface area contributed by atoms with Gasteiger partial charge in [-0.3, -0.25) is 0 Å². The lowest BCUT2D eigenvalue weighted by Crippen LogP contribution is -2.23. The van der Waals surface area contributed by atoms with Crippen molar-refractivity contribution in [3.8, 4) is 0 Å². The van der Waals surface area contributed by atoms with E-state index >= 15 is 0 Å². The molecule has 0 aliphatic heterocycles. The highest BCUT2D eigenvalue weighted by molar-refractivity contribution is 5.43. The molecule has 1 aromatic rings. The van der Waals surface area contributed by atoms with E-state index in [9.17, 15) is 0 Å². The molecule has 1 N–H and O–H groups in total. The maximum atomic E-state index is 3.54. The van der Waals surface area contributed by atoms with Crippen LogP contribution >= 0.6 is 0 Å². The van der Waals surface area contributed by atoms with Gasteiger partial charge < -0.3 is 5.32 Å². The van der Waals surface area contributed by atoms with Crippen molar-refractivity contribution >= 4 is 5.69 Å². The molecule has 1 fully saturated rings. The van der Waals surface area contributed by atoms with Crippen molar-refractivity contribution in [3.05, 3.63) is 30.3 Å². The molecule has 1 saturated carbocycles. The number of benzene rings is 1. The lowest BCUT2D eigenvalue weighted by Gasteiger charge is -2.28. The van der Waals surface area contributed by atoms with Gasteiger partial charge in [0.1, 0.15) is 0 Å². The zero-order valence-corrected chi connectivity index (χ0v) is 8.87. The Morgan fingerprint density at radius 1 is 1.29 bits per heavy atom. The molecule has 1 aliphatic carbocycles. The van der Waals surface area contributed by atoms with Crippen molar-refractivity contribution < 1.29 is 0 Å². The van der Waals surface area contributed by atoms with Gasteiger partial charge in [0.2, 0.25) is 0 Å². The first-order chi connectivity index (χ1) is 6.84. The number of anilines is 1. The molecule has 1 atom stereocenters. The zero-order valence-electron chi connectivity index (χ0n) is 8.87. The van der Waals surface area contributed by atoms with E-state index in [0.29, 0.717) is 6.04 Å². The SMILES string of the molecule is CC(CC1CCC1)Nc1ccccc1. The van der Waals surface area contributed by atoms with Crippen LogP contribution in [-0.2, 0) is 0 Å². The minimum Gasteiger partial charge on any atom is -0.383 e. The summed E-state index contributed by atoms with van der Waals surface area (Å²) in [5.74, 6) is 0.987. The third-order valence-corrected chi connectivity index (χ3v) is 3.10. The Kier molecular flexibility index (Phi) is 3.07. The topological polar surface area (TPSA) is 12.0 Å². The summed E-state index contributed by atoms with van der Waals surface area (Å²) in [4.78, 5) is 0. The van der Waals surface area contributed by atoms with Gasteiger partial charge in [-0.1, -0.05) is 37.5 Å². The van der Waals surface area contributed by atoms with Crippen molar-refractivity contribution in [2.24, 2.45) is 5.92 Å². The molecular formula is C13H19N. The molecule has 0 spiro atoms. The van der Waals surface area contributed by atoms with Crippen LogP contribution in [0, 0.1) is 5.92 Å². The van der Waals surface area contributed by atoms with Crippen LogP contribution in [0.4, 0.5) is 5.69 Å². The average Bonchev–Trinajstić information content (AvgIpc) is 2.13.